The van der Waals surface area contributed by atoms with Crippen molar-refractivity contribution in [3.63, 3.8) is 0 Å². The lowest BCUT2D eigenvalue weighted by molar-refractivity contribution is 0.0695. The zero-order valence-corrected chi connectivity index (χ0v) is 12.6. The van der Waals surface area contributed by atoms with Crippen molar-refractivity contribution in [3.05, 3.63) is 28.0 Å². The van der Waals surface area contributed by atoms with Crippen LogP contribution in [0.25, 0.3) is 0 Å². The number of nitrogens with one attached hydrogen (secondary N) is 1. The lowest BCUT2D eigenvalue weighted by atomic mass is 9.87. The maximum Gasteiger partial charge on any atom is 0.336 e. The van der Waals surface area contributed by atoms with E-state index in [0.717, 1.165) is 19.3 Å². The van der Waals surface area contributed by atoms with E-state index in [1.165, 1.54) is 12.1 Å². The first-order valence-electron chi connectivity index (χ1n) is 6.31. The fourth-order valence-electron chi connectivity index (χ4n) is 2.61. The summed E-state index contributed by atoms with van der Waals surface area (Å²) >= 11 is 3.01. The van der Waals surface area contributed by atoms with E-state index in [9.17, 15) is 9.18 Å². The maximum atomic E-state index is 14.2. The van der Waals surface area contributed by atoms with Crippen LogP contribution in [-0.2, 0) is 0 Å². The molecule has 0 aromatic heterocycles. The lowest BCUT2D eigenvalue weighted by Gasteiger charge is -2.29. The van der Waals surface area contributed by atoms with Gasteiger partial charge in [0.05, 0.1) is 15.7 Å². The number of carboxylic acid groups (broad SMARTS) is 1. The van der Waals surface area contributed by atoms with Gasteiger partial charge in [-0.1, -0.05) is 20.3 Å². The van der Waals surface area contributed by atoms with E-state index in [0.29, 0.717) is 5.69 Å². The predicted octanol–water partition coefficient (Wildman–Crippen LogP) is 4.28. The largest absolute Gasteiger partial charge is 0.478 e. The van der Waals surface area contributed by atoms with Gasteiger partial charge in [-0.05, 0) is 46.3 Å². The summed E-state index contributed by atoms with van der Waals surface area (Å²) in [5, 5.41) is 12.1. The molecule has 1 aromatic rings. The second kappa shape index (κ2) is 5.12. The zero-order chi connectivity index (χ0) is 14.2. The molecule has 1 unspecified atom stereocenters. The van der Waals surface area contributed by atoms with Gasteiger partial charge < -0.3 is 10.4 Å². The highest BCUT2D eigenvalue weighted by Gasteiger charge is 2.34. The van der Waals surface area contributed by atoms with Crippen molar-refractivity contribution >= 4 is 27.6 Å². The molecule has 19 heavy (non-hydrogen) atoms. The SMILES string of the molecule is CC1(C)CCCC1Nc1ccc(C(=O)O)c(Br)c1F. The summed E-state index contributed by atoms with van der Waals surface area (Å²) in [6, 6.07) is 3.13. The Balaban J connectivity index is 2.27. The van der Waals surface area contributed by atoms with Gasteiger partial charge in [0.25, 0.3) is 0 Å². The molecule has 1 fully saturated rings. The lowest BCUT2D eigenvalue weighted by Crippen LogP contribution is -2.31. The molecule has 5 heteroatoms. The van der Waals surface area contributed by atoms with E-state index in [2.05, 4.69) is 35.1 Å². The molecule has 0 heterocycles. The van der Waals surface area contributed by atoms with Gasteiger partial charge in [-0.15, -0.1) is 0 Å². The number of anilines is 1. The van der Waals surface area contributed by atoms with E-state index in [-0.39, 0.29) is 21.5 Å². The first-order chi connectivity index (χ1) is 8.83. The molecule has 0 aliphatic heterocycles. The summed E-state index contributed by atoms with van der Waals surface area (Å²) in [5.41, 5.74) is 0.426. The Morgan fingerprint density at radius 1 is 1.53 bits per heavy atom. The number of hydrogen-bond donors (Lipinski definition) is 2. The van der Waals surface area contributed by atoms with Crippen molar-refractivity contribution in [2.45, 2.75) is 39.2 Å². The van der Waals surface area contributed by atoms with E-state index < -0.39 is 11.8 Å². The summed E-state index contributed by atoms with van der Waals surface area (Å²) in [4.78, 5) is 10.9. The van der Waals surface area contributed by atoms with Gasteiger partial charge in [0.2, 0.25) is 0 Å². The molecule has 0 saturated heterocycles. The van der Waals surface area contributed by atoms with Crippen LogP contribution in [-0.4, -0.2) is 17.1 Å². The van der Waals surface area contributed by atoms with Crippen molar-refractivity contribution in [2.75, 3.05) is 5.32 Å². The molecule has 1 aromatic carbocycles. The molecule has 2 N–H and O–H groups in total. The first kappa shape index (κ1) is 14.3. The van der Waals surface area contributed by atoms with Gasteiger partial charge in [-0.3, -0.25) is 0 Å². The second-order valence-corrected chi connectivity index (χ2v) is 6.46. The molecule has 1 saturated carbocycles. The number of aromatic carboxylic acids is 1. The predicted molar refractivity (Wildman–Crippen MR) is 76.1 cm³/mol. The van der Waals surface area contributed by atoms with E-state index in [1.807, 2.05) is 0 Å². The smallest absolute Gasteiger partial charge is 0.336 e. The summed E-state index contributed by atoms with van der Waals surface area (Å²) in [7, 11) is 0. The van der Waals surface area contributed by atoms with Gasteiger partial charge in [0.15, 0.2) is 5.82 Å². The molecule has 0 spiro atoms. The average molecular weight is 330 g/mol. The Morgan fingerprint density at radius 3 is 2.74 bits per heavy atom. The topological polar surface area (TPSA) is 49.3 Å². The molecular weight excluding hydrogens is 313 g/mol. The van der Waals surface area contributed by atoms with Crippen LogP contribution < -0.4 is 5.32 Å². The molecule has 2 rings (SSSR count). The van der Waals surface area contributed by atoms with Crippen LogP contribution >= 0.6 is 15.9 Å². The standard InChI is InChI=1S/C14H17BrFNO2/c1-14(2)7-3-4-10(14)17-9-6-5-8(13(18)19)11(15)12(9)16/h5-6,10,17H,3-4,7H2,1-2H3,(H,18,19). The number of carbonyl (C=O) groups is 1. The van der Waals surface area contributed by atoms with Crippen LogP contribution in [0, 0.1) is 11.2 Å². The molecule has 0 bridgehead atoms. The van der Waals surface area contributed by atoms with Crippen molar-refractivity contribution < 1.29 is 14.3 Å². The maximum absolute atomic E-state index is 14.2. The van der Waals surface area contributed by atoms with Crippen LogP contribution in [0.4, 0.5) is 10.1 Å². The Hall–Kier alpha value is -1.10. The van der Waals surface area contributed by atoms with Gasteiger partial charge in [-0.2, -0.15) is 0 Å². The highest BCUT2D eigenvalue weighted by molar-refractivity contribution is 9.10. The minimum Gasteiger partial charge on any atom is -0.478 e. The van der Waals surface area contributed by atoms with Crippen LogP contribution in [0.15, 0.2) is 16.6 Å². The quantitative estimate of drug-likeness (QED) is 0.870. The van der Waals surface area contributed by atoms with Crippen molar-refractivity contribution in [1.82, 2.24) is 0 Å². The fraction of sp³-hybridized carbons (Fsp3) is 0.500. The molecule has 1 aliphatic rings. The Morgan fingerprint density at radius 2 is 2.21 bits per heavy atom. The van der Waals surface area contributed by atoms with E-state index in [1.54, 1.807) is 0 Å². The molecule has 1 aliphatic carbocycles. The number of hydrogen-bond acceptors (Lipinski definition) is 2. The van der Waals surface area contributed by atoms with Crippen molar-refractivity contribution in [3.8, 4) is 0 Å². The van der Waals surface area contributed by atoms with Crippen LogP contribution in [0.3, 0.4) is 0 Å². The minimum absolute atomic E-state index is 0.000744. The number of rotatable bonds is 3. The molecule has 0 amide bonds. The van der Waals surface area contributed by atoms with Gasteiger partial charge in [-0.25, -0.2) is 9.18 Å². The van der Waals surface area contributed by atoms with Crippen molar-refractivity contribution in [2.24, 2.45) is 5.41 Å². The summed E-state index contributed by atoms with van der Waals surface area (Å²) in [5.74, 6) is -1.68. The van der Waals surface area contributed by atoms with Crippen LogP contribution in [0.5, 0.6) is 0 Å². The van der Waals surface area contributed by atoms with Gasteiger partial charge >= 0.3 is 5.97 Å². The summed E-state index contributed by atoms with van der Waals surface area (Å²) < 4.78 is 14.2. The highest BCUT2D eigenvalue weighted by atomic mass is 79.9. The third kappa shape index (κ3) is 2.76. The van der Waals surface area contributed by atoms with Crippen LogP contribution in [0.1, 0.15) is 43.5 Å². The van der Waals surface area contributed by atoms with Crippen molar-refractivity contribution in [1.29, 1.82) is 0 Å². The average Bonchev–Trinajstić information content (AvgIpc) is 2.64. The summed E-state index contributed by atoms with van der Waals surface area (Å²) in [6.45, 7) is 4.33. The number of benzene rings is 1. The number of carboxylic acids is 1. The van der Waals surface area contributed by atoms with Gasteiger partial charge in [0.1, 0.15) is 0 Å². The Kier molecular flexibility index (Phi) is 3.85. The third-order valence-corrected chi connectivity index (χ3v) is 4.67. The second-order valence-electron chi connectivity index (χ2n) is 5.67. The van der Waals surface area contributed by atoms with Gasteiger partial charge in [0, 0.05) is 6.04 Å². The zero-order valence-electron chi connectivity index (χ0n) is 11.0. The van der Waals surface area contributed by atoms with E-state index >= 15 is 0 Å². The summed E-state index contributed by atoms with van der Waals surface area (Å²) in [6.07, 6.45) is 3.24. The minimum atomic E-state index is -1.14. The number of halogens is 2. The fourth-order valence-corrected chi connectivity index (χ4v) is 3.12. The normalized spacial score (nSPS) is 21.4. The Bertz CT molecular complexity index is 516. The molecular formula is C14H17BrFNO2. The first-order valence-corrected chi connectivity index (χ1v) is 7.10. The molecule has 104 valence electrons. The highest BCUT2D eigenvalue weighted by Crippen LogP contribution is 2.40. The molecule has 3 nitrogen and oxygen atoms in total. The van der Waals surface area contributed by atoms with Crippen LogP contribution in [0.2, 0.25) is 0 Å². The molecule has 1 atom stereocenters. The van der Waals surface area contributed by atoms with E-state index in [4.69, 9.17) is 5.11 Å². The molecule has 0 radical (unpaired) electrons. The monoisotopic (exact) mass is 329 g/mol. The third-order valence-electron chi connectivity index (χ3n) is 3.90. The Labute approximate surface area is 120 Å².